The molecule has 0 bridgehead atoms. The van der Waals surface area contributed by atoms with Gasteiger partial charge in [-0.05, 0) is 18.8 Å². The number of nitrogens with zero attached hydrogens (tertiary/aromatic N) is 1. The molecule has 1 fully saturated rings. The largest absolute Gasteiger partial charge is 0.365 e. The standard InChI is InChI=1S/C9H18N2S/c1-7(2)8(10)9(12)11-5-3-4-6-11/h7-8H,3-6,10H2,1-2H3. The van der Waals surface area contributed by atoms with Gasteiger partial charge >= 0.3 is 0 Å². The van der Waals surface area contributed by atoms with Crippen molar-refractivity contribution in [2.45, 2.75) is 32.7 Å². The minimum Gasteiger partial charge on any atom is -0.365 e. The maximum Gasteiger partial charge on any atom is 0.0952 e. The van der Waals surface area contributed by atoms with E-state index < -0.39 is 0 Å². The SMILES string of the molecule is CC(C)C(N)C(=S)N1CCCC1. The summed E-state index contributed by atoms with van der Waals surface area (Å²) >= 11 is 5.31. The molecule has 1 heterocycles. The van der Waals surface area contributed by atoms with Gasteiger partial charge < -0.3 is 10.6 Å². The van der Waals surface area contributed by atoms with Crippen molar-refractivity contribution in [1.29, 1.82) is 0 Å². The molecule has 1 atom stereocenters. The molecule has 70 valence electrons. The first-order valence-corrected chi connectivity index (χ1v) is 5.08. The zero-order chi connectivity index (χ0) is 9.14. The van der Waals surface area contributed by atoms with E-state index in [1.54, 1.807) is 0 Å². The topological polar surface area (TPSA) is 29.3 Å². The second kappa shape index (κ2) is 4.19. The van der Waals surface area contributed by atoms with Crippen LogP contribution >= 0.6 is 12.2 Å². The summed E-state index contributed by atoms with van der Waals surface area (Å²) in [5.41, 5.74) is 5.96. The number of hydrogen-bond donors (Lipinski definition) is 1. The minimum atomic E-state index is 0.0677. The van der Waals surface area contributed by atoms with E-state index in [2.05, 4.69) is 18.7 Å². The predicted octanol–water partition coefficient (Wildman–Crippen LogP) is 1.39. The van der Waals surface area contributed by atoms with Gasteiger partial charge in [-0.3, -0.25) is 0 Å². The van der Waals surface area contributed by atoms with Crippen molar-refractivity contribution in [2.75, 3.05) is 13.1 Å². The van der Waals surface area contributed by atoms with Crippen LogP contribution in [0.4, 0.5) is 0 Å². The molecule has 12 heavy (non-hydrogen) atoms. The molecule has 0 spiro atoms. The quantitative estimate of drug-likeness (QED) is 0.661. The van der Waals surface area contributed by atoms with Crippen molar-refractivity contribution < 1.29 is 0 Å². The number of nitrogens with two attached hydrogens (primary N) is 1. The van der Waals surface area contributed by atoms with Gasteiger partial charge in [-0.2, -0.15) is 0 Å². The van der Waals surface area contributed by atoms with Gasteiger partial charge in [0.25, 0.3) is 0 Å². The van der Waals surface area contributed by atoms with Gasteiger partial charge in [0.15, 0.2) is 0 Å². The Hall–Kier alpha value is -0.150. The molecule has 2 nitrogen and oxygen atoms in total. The van der Waals surface area contributed by atoms with E-state index in [0.717, 1.165) is 18.1 Å². The van der Waals surface area contributed by atoms with Crippen molar-refractivity contribution in [1.82, 2.24) is 4.90 Å². The lowest BCUT2D eigenvalue weighted by Gasteiger charge is -2.25. The van der Waals surface area contributed by atoms with Gasteiger partial charge in [-0.25, -0.2) is 0 Å². The Bertz CT molecular complexity index is 158. The normalized spacial score (nSPS) is 20.2. The molecule has 0 radical (unpaired) electrons. The highest BCUT2D eigenvalue weighted by molar-refractivity contribution is 7.80. The van der Waals surface area contributed by atoms with Crippen LogP contribution in [0.3, 0.4) is 0 Å². The molecular formula is C9H18N2S. The van der Waals surface area contributed by atoms with Crippen LogP contribution in [0.5, 0.6) is 0 Å². The Morgan fingerprint density at radius 1 is 1.33 bits per heavy atom. The molecule has 0 aliphatic carbocycles. The fraction of sp³-hybridized carbons (Fsp3) is 0.889. The van der Waals surface area contributed by atoms with Crippen LogP contribution in [0.1, 0.15) is 26.7 Å². The van der Waals surface area contributed by atoms with Crippen molar-refractivity contribution >= 4 is 17.2 Å². The first-order chi connectivity index (χ1) is 5.63. The monoisotopic (exact) mass is 186 g/mol. The molecule has 0 aromatic rings. The molecule has 1 aliphatic rings. The van der Waals surface area contributed by atoms with Crippen LogP contribution in [-0.4, -0.2) is 29.0 Å². The molecule has 0 saturated carbocycles. The maximum absolute atomic E-state index is 5.96. The van der Waals surface area contributed by atoms with E-state index in [4.69, 9.17) is 18.0 Å². The van der Waals surface area contributed by atoms with Crippen LogP contribution < -0.4 is 5.73 Å². The average Bonchev–Trinajstić information content (AvgIpc) is 2.53. The second-order valence-corrected chi connectivity index (χ2v) is 4.22. The third-order valence-electron chi connectivity index (χ3n) is 2.42. The fourth-order valence-corrected chi connectivity index (χ4v) is 1.89. The summed E-state index contributed by atoms with van der Waals surface area (Å²) in [6.45, 7) is 6.46. The molecule has 1 aliphatic heterocycles. The molecule has 1 saturated heterocycles. The molecule has 2 N–H and O–H groups in total. The van der Waals surface area contributed by atoms with E-state index >= 15 is 0 Å². The van der Waals surface area contributed by atoms with Gasteiger partial charge in [0.1, 0.15) is 0 Å². The Labute approximate surface area is 80.1 Å². The Kier molecular flexibility index (Phi) is 3.47. The minimum absolute atomic E-state index is 0.0677. The lowest BCUT2D eigenvalue weighted by Crippen LogP contribution is -2.44. The average molecular weight is 186 g/mol. The number of thiocarbonyl (C=S) groups is 1. The maximum atomic E-state index is 5.96. The second-order valence-electron chi connectivity index (χ2n) is 3.80. The van der Waals surface area contributed by atoms with Gasteiger partial charge in [0.2, 0.25) is 0 Å². The molecule has 3 heteroatoms. The molecule has 0 aromatic carbocycles. The predicted molar refractivity (Wildman–Crippen MR) is 56.2 cm³/mol. The summed E-state index contributed by atoms with van der Waals surface area (Å²) < 4.78 is 0. The lowest BCUT2D eigenvalue weighted by molar-refractivity contribution is 0.476. The van der Waals surface area contributed by atoms with Gasteiger partial charge in [-0.1, -0.05) is 26.1 Å². The van der Waals surface area contributed by atoms with Crippen LogP contribution in [-0.2, 0) is 0 Å². The van der Waals surface area contributed by atoms with Crippen LogP contribution in [0, 0.1) is 5.92 Å². The third kappa shape index (κ3) is 2.17. The van der Waals surface area contributed by atoms with Crippen LogP contribution in [0.2, 0.25) is 0 Å². The molecule has 1 unspecified atom stereocenters. The van der Waals surface area contributed by atoms with E-state index in [0.29, 0.717) is 5.92 Å². The first kappa shape index (κ1) is 9.93. The summed E-state index contributed by atoms with van der Waals surface area (Å²) in [5.74, 6) is 0.457. The van der Waals surface area contributed by atoms with Gasteiger partial charge in [0, 0.05) is 13.1 Å². The summed E-state index contributed by atoms with van der Waals surface area (Å²) in [6.07, 6.45) is 2.54. The molecule has 0 amide bonds. The smallest absolute Gasteiger partial charge is 0.0952 e. The van der Waals surface area contributed by atoms with Gasteiger partial charge in [0.05, 0.1) is 11.0 Å². The fourth-order valence-electron chi connectivity index (χ4n) is 1.43. The molecule has 0 aromatic heterocycles. The Balaban J connectivity index is 2.45. The Morgan fingerprint density at radius 3 is 2.25 bits per heavy atom. The van der Waals surface area contributed by atoms with E-state index in [1.807, 2.05) is 0 Å². The number of rotatable bonds is 2. The number of hydrogen-bond acceptors (Lipinski definition) is 2. The molecule has 1 rings (SSSR count). The Morgan fingerprint density at radius 2 is 1.83 bits per heavy atom. The first-order valence-electron chi connectivity index (χ1n) is 4.67. The van der Waals surface area contributed by atoms with Crippen molar-refractivity contribution in [2.24, 2.45) is 11.7 Å². The highest BCUT2D eigenvalue weighted by Crippen LogP contribution is 2.12. The highest BCUT2D eigenvalue weighted by Gasteiger charge is 2.21. The van der Waals surface area contributed by atoms with Crippen LogP contribution in [0.15, 0.2) is 0 Å². The van der Waals surface area contributed by atoms with Crippen LogP contribution in [0.25, 0.3) is 0 Å². The zero-order valence-corrected chi connectivity index (χ0v) is 8.73. The van der Waals surface area contributed by atoms with Gasteiger partial charge in [-0.15, -0.1) is 0 Å². The van der Waals surface area contributed by atoms with Crippen molar-refractivity contribution in [3.8, 4) is 0 Å². The van der Waals surface area contributed by atoms with E-state index in [1.165, 1.54) is 12.8 Å². The summed E-state index contributed by atoms with van der Waals surface area (Å²) in [4.78, 5) is 3.21. The lowest BCUT2D eigenvalue weighted by atomic mass is 10.1. The van der Waals surface area contributed by atoms with Crippen molar-refractivity contribution in [3.05, 3.63) is 0 Å². The third-order valence-corrected chi connectivity index (χ3v) is 2.95. The van der Waals surface area contributed by atoms with E-state index in [9.17, 15) is 0 Å². The number of likely N-dealkylation sites (tertiary alicyclic amines) is 1. The molecular weight excluding hydrogens is 168 g/mol. The summed E-state index contributed by atoms with van der Waals surface area (Å²) in [5, 5.41) is 0. The summed E-state index contributed by atoms with van der Waals surface area (Å²) in [7, 11) is 0. The zero-order valence-electron chi connectivity index (χ0n) is 7.92. The van der Waals surface area contributed by atoms with Crippen molar-refractivity contribution in [3.63, 3.8) is 0 Å². The summed E-state index contributed by atoms with van der Waals surface area (Å²) in [6, 6.07) is 0.0677. The van der Waals surface area contributed by atoms with E-state index in [-0.39, 0.29) is 6.04 Å². The highest BCUT2D eigenvalue weighted by atomic mass is 32.1.